The molecule has 0 aromatic heterocycles. The molecule has 2 aromatic rings. The van der Waals surface area contributed by atoms with E-state index in [4.69, 9.17) is 0 Å². The van der Waals surface area contributed by atoms with Crippen LogP contribution >= 0.6 is 0 Å². The lowest BCUT2D eigenvalue weighted by molar-refractivity contribution is 0.0458. The highest BCUT2D eigenvalue weighted by Gasteiger charge is 2.56. The number of fused-ring (bicyclic) bond motifs is 1. The molecule has 0 fully saturated rings. The molecule has 3 rings (SSSR count). The van der Waals surface area contributed by atoms with Gasteiger partial charge >= 0.3 is 0 Å². The Kier molecular flexibility index (Phi) is 2.70. The molecule has 19 heavy (non-hydrogen) atoms. The molecule has 0 heterocycles. The Bertz CT molecular complexity index is 600. The van der Waals surface area contributed by atoms with Crippen LogP contribution in [0.4, 0.5) is 0 Å². The standard InChI is InChI=1S/C17H20OSi/c1-19(2,3)16-14-11-7-8-12-15(14)17(16,18)13-9-5-4-6-10-13/h4-12,16,18H,1-3H3/t16-,17-/m0/s1. The first-order chi connectivity index (χ1) is 8.95. The first-order valence-corrected chi connectivity index (χ1v) is 10.4. The van der Waals surface area contributed by atoms with E-state index < -0.39 is 13.7 Å². The van der Waals surface area contributed by atoms with Crippen LogP contribution in [0.15, 0.2) is 54.6 Å². The molecule has 1 aliphatic rings. The second-order valence-electron chi connectivity index (χ2n) is 6.52. The van der Waals surface area contributed by atoms with Gasteiger partial charge in [-0.15, -0.1) is 0 Å². The minimum absolute atomic E-state index is 0.276. The van der Waals surface area contributed by atoms with Gasteiger partial charge in [0, 0.05) is 5.54 Å². The summed E-state index contributed by atoms with van der Waals surface area (Å²) in [5.74, 6) is 0. The SMILES string of the molecule is C[Si](C)(C)[C@H]1c2ccccc2[C@@]1(O)c1ccccc1. The molecule has 2 heteroatoms. The Morgan fingerprint density at radius 1 is 0.895 bits per heavy atom. The third-order valence-electron chi connectivity index (χ3n) is 4.18. The lowest BCUT2D eigenvalue weighted by Gasteiger charge is -2.53. The van der Waals surface area contributed by atoms with Gasteiger partial charge in [-0.05, 0) is 16.7 Å². The molecule has 0 saturated carbocycles. The molecule has 0 spiro atoms. The van der Waals surface area contributed by atoms with E-state index in [9.17, 15) is 5.11 Å². The average Bonchev–Trinajstić information content (AvgIpc) is 2.37. The van der Waals surface area contributed by atoms with Crippen molar-refractivity contribution in [3.8, 4) is 0 Å². The van der Waals surface area contributed by atoms with Crippen LogP contribution in [-0.2, 0) is 5.60 Å². The van der Waals surface area contributed by atoms with Crippen molar-refractivity contribution in [2.45, 2.75) is 30.8 Å². The lowest BCUT2D eigenvalue weighted by Crippen LogP contribution is -2.54. The molecule has 0 bridgehead atoms. The fourth-order valence-electron chi connectivity index (χ4n) is 3.51. The molecule has 2 aromatic carbocycles. The summed E-state index contributed by atoms with van der Waals surface area (Å²) in [5.41, 5.74) is 2.95. The monoisotopic (exact) mass is 268 g/mol. The molecule has 0 saturated heterocycles. The van der Waals surface area contributed by atoms with Gasteiger partial charge in [-0.1, -0.05) is 74.2 Å². The minimum atomic E-state index is -1.49. The Labute approximate surface area is 115 Å². The maximum absolute atomic E-state index is 11.4. The van der Waals surface area contributed by atoms with Gasteiger partial charge in [0.15, 0.2) is 0 Å². The van der Waals surface area contributed by atoms with Crippen LogP contribution in [0, 0.1) is 0 Å². The summed E-state index contributed by atoms with van der Waals surface area (Å²) < 4.78 is 0. The maximum atomic E-state index is 11.4. The van der Waals surface area contributed by atoms with Crippen LogP contribution in [0.2, 0.25) is 19.6 Å². The lowest BCUT2D eigenvalue weighted by atomic mass is 9.69. The highest BCUT2D eigenvalue weighted by Crippen LogP contribution is 2.57. The molecule has 1 aliphatic carbocycles. The first-order valence-electron chi connectivity index (χ1n) is 6.83. The molecule has 0 aliphatic heterocycles. The largest absolute Gasteiger partial charge is 0.380 e. The number of rotatable bonds is 2. The van der Waals surface area contributed by atoms with E-state index in [0.29, 0.717) is 0 Å². The van der Waals surface area contributed by atoms with E-state index in [1.807, 2.05) is 36.4 Å². The quantitative estimate of drug-likeness (QED) is 0.819. The maximum Gasteiger partial charge on any atom is 0.119 e. The van der Waals surface area contributed by atoms with Crippen LogP contribution < -0.4 is 0 Å². The van der Waals surface area contributed by atoms with Crippen molar-refractivity contribution in [3.05, 3.63) is 71.3 Å². The molecular formula is C17H20OSi. The van der Waals surface area contributed by atoms with Crippen molar-refractivity contribution in [1.29, 1.82) is 0 Å². The van der Waals surface area contributed by atoms with Crippen molar-refractivity contribution in [1.82, 2.24) is 0 Å². The number of hydrogen-bond acceptors (Lipinski definition) is 1. The third-order valence-corrected chi connectivity index (χ3v) is 6.64. The summed E-state index contributed by atoms with van der Waals surface area (Å²) >= 11 is 0. The van der Waals surface area contributed by atoms with Crippen LogP contribution in [0.5, 0.6) is 0 Å². The van der Waals surface area contributed by atoms with Crippen LogP contribution in [0.25, 0.3) is 0 Å². The number of aliphatic hydroxyl groups is 1. The minimum Gasteiger partial charge on any atom is -0.380 e. The van der Waals surface area contributed by atoms with Crippen LogP contribution in [0.3, 0.4) is 0 Å². The molecule has 1 N–H and O–H groups in total. The van der Waals surface area contributed by atoms with Gasteiger partial charge < -0.3 is 5.11 Å². The molecule has 0 unspecified atom stereocenters. The molecule has 0 radical (unpaired) electrons. The van der Waals surface area contributed by atoms with E-state index in [1.54, 1.807) is 0 Å². The third kappa shape index (κ3) is 1.71. The summed E-state index contributed by atoms with van der Waals surface area (Å²) in [6, 6.07) is 18.5. The summed E-state index contributed by atoms with van der Waals surface area (Å²) in [4.78, 5) is 0. The zero-order chi connectivity index (χ0) is 13.7. The summed E-state index contributed by atoms with van der Waals surface area (Å²) in [6.07, 6.45) is 0. The predicted molar refractivity (Wildman–Crippen MR) is 82.0 cm³/mol. The highest BCUT2D eigenvalue weighted by molar-refractivity contribution is 6.78. The Morgan fingerprint density at radius 2 is 1.47 bits per heavy atom. The fourth-order valence-corrected chi connectivity index (χ4v) is 6.27. The Balaban J connectivity index is 2.20. The van der Waals surface area contributed by atoms with Crippen molar-refractivity contribution >= 4 is 8.07 Å². The average molecular weight is 268 g/mol. The van der Waals surface area contributed by atoms with Gasteiger partial charge in [-0.3, -0.25) is 0 Å². The fraction of sp³-hybridized carbons (Fsp3) is 0.294. The van der Waals surface area contributed by atoms with Crippen molar-refractivity contribution in [3.63, 3.8) is 0 Å². The molecule has 1 nitrogen and oxygen atoms in total. The van der Waals surface area contributed by atoms with Crippen molar-refractivity contribution in [2.24, 2.45) is 0 Å². The highest BCUT2D eigenvalue weighted by atomic mass is 28.3. The summed E-state index contributed by atoms with van der Waals surface area (Å²) in [7, 11) is -1.49. The Hall–Kier alpha value is -1.38. The molecule has 2 atom stereocenters. The van der Waals surface area contributed by atoms with Gasteiger partial charge in [0.25, 0.3) is 0 Å². The van der Waals surface area contributed by atoms with Gasteiger partial charge in [-0.2, -0.15) is 0 Å². The summed E-state index contributed by atoms with van der Waals surface area (Å²) in [5, 5.41) is 11.4. The predicted octanol–water partition coefficient (Wildman–Crippen LogP) is 3.90. The summed E-state index contributed by atoms with van der Waals surface area (Å²) in [6.45, 7) is 7.00. The van der Waals surface area contributed by atoms with Gasteiger partial charge in [0.05, 0.1) is 8.07 Å². The topological polar surface area (TPSA) is 20.2 Å². The van der Waals surface area contributed by atoms with E-state index in [1.165, 1.54) is 5.56 Å². The molecule has 0 amide bonds. The van der Waals surface area contributed by atoms with Crippen molar-refractivity contribution < 1.29 is 5.11 Å². The second-order valence-corrected chi connectivity index (χ2v) is 11.8. The molecular weight excluding hydrogens is 248 g/mol. The van der Waals surface area contributed by atoms with E-state index in [2.05, 4.69) is 37.8 Å². The van der Waals surface area contributed by atoms with Gasteiger partial charge in [-0.25, -0.2) is 0 Å². The van der Waals surface area contributed by atoms with Gasteiger partial charge in [0.2, 0.25) is 0 Å². The number of benzene rings is 2. The Morgan fingerprint density at radius 3 is 2.11 bits per heavy atom. The zero-order valence-electron chi connectivity index (χ0n) is 11.7. The number of hydrogen-bond donors (Lipinski definition) is 1. The van der Waals surface area contributed by atoms with E-state index in [-0.39, 0.29) is 5.54 Å². The smallest absolute Gasteiger partial charge is 0.119 e. The first kappa shape index (κ1) is 12.6. The zero-order valence-corrected chi connectivity index (χ0v) is 12.7. The van der Waals surface area contributed by atoms with Gasteiger partial charge in [0.1, 0.15) is 5.60 Å². The van der Waals surface area contributed by atoms with Crippen LogP contribution in [-0.4, -0.2) is 13.2 Å². The van der Waals surface area contributed by atoms with Crippen LogP contribution in [0.1, 0.15) is 22.2 Å². The van der Waals surface area contributed by atoms with E-state index in [0.717, 1.165) is 11.1 Å². The van der Waals surface area contributed by atoms with E-state index >= 15 is 0 Å². The molecule has 98 valence electrons. The van der Waals surface area contributed by atoms with Crippen molar-refractivity contribution in [2.75, 3.05) is 0 Å². The second kappa shape index (κ2) is 4.05. The normalized spacial score (nSPS) is 25.6.